The van der Waals surface area contributed by atoms with Crippen molar-refractivity contribution >= 4 is 11.8 Å². The summed E-state index contributed by atoms with van der Waals surface area (Å²) in [5.41, 5.74) is 0.825. The van der Waals surface area contributed by atoms with Crippen LogP contribution in [-0.4, -0.2) is 29.8 Å². The molecule has 4 nitrogen and oxygen atoms in total. The third-order valence-electron chi connectivity index (χ3n) is 3.35. The second-order valence-electron chi connectivity index (χ2n) is 5.52. The van der Waals surface area contributed by atoms with Gasteiger partial charge in [-0.25, -0.2) is 0 Å². The first-order valence-corrected chi connectivity index (χ1v) is 7.62. The molecule has 0 spiro atoms. The van der Waals surface area contributed by atoms with Crippen LogP contribution in [0.3, 0.4) is 0 Å². The molecule has 4 heteroatoms. The van der Waals surface area contributed by atoms with Crippen LogP contribution in [0, 0.1) is 5.92 Å². The van der Waals surface area contributed by atoms with E-state index in [1.165, 1.54) is 0 Å². The lowest BCUT2D eigenvalue weighted by atomic mass is 10.0. The van der Waals surface area contributed by atoms with E-state index in [4.69, 9.17) is 0 Å². The molecule has 1 aromatic rings. The third-order valence-corrected chi connectivity index (χ3v) is 3.35. The van der Waals surface area contributed by atoms with Crippen LogP contribution < -0.4 is 5.32 Å². The molecule has 1 aromatic carbocycles. The van der Waals surface area contributed by atoms with E-state index in [0.29, 0.717) is 19.5 Å². The molecule has 0 aliphatic rings. The predicted octanol–water partition coefficient (Wildman–Crippen LogP) is 2.76. The van der Waals surface area contributed by atoms with Crippen LogP contribution in [-0.2, 0) is 9.59 Å². The largest absolute Gasteiger partial charge is 0.341 e. The Morgan fingerprint density at radius 2 is 1.67 bits per heavy atom. The third kappa shape index (κ3) is 5.21. The number of carbonyl (C=O) groups is 2. The Morgan fingerprint density at radius 3 is 2.14 bits per heavy atom. The Labute approximate surface area is 127 Å². The fraction of sp³-hybridized carbons (Fsp3) is 0.529. The van der Waals surface area contributed by atoms with Gasteiger partial charge >= 0.3 is 0 Å². The van der Waals surface area contributed by atoms with Gasteiger partial charge in [0.05, 0.1) is 0 Å². The maximum absolute atomic E-state index is 12.6. The lowest BCUT2D eigenvalue weighted by Crippen LogP contribution is -2.43. The van der Waals surface area contributed by atoms with Crippen LogP contribution in [0.15, 0.2) is 30.3 Å². The van der Waals surface area contributed by atoms with Crippen molar-refractivity contribution < 1.29 is 9.59 Å². The molecule has 1 atom stereocenters. The summed E-state index contributed by atoms with van der Waals surface area (Å²) in [5, 5.41) is 2.88. The number of hydrogen-bond acceptors (Lipinski definition) is 2. The Kier molecular flexibility index (Phi) is 6.92. The predicted molar refractivity (Wildman–Crippen MR) is 84.7 cm³/mol. The Balaban J connectivity index is 2.95. The van der Waals surface area contributed by atoms with Crippen molar-refractivity contribution in [2.45, 2.75) is 40.2 Å². The number of hydrogen-bond donors (Lipinski definition) is 1. The molecule has 116 valence electrons. The first kappa shape index (κ1) is 17.2. The van der Waals surface area contributed by atoms with Gasteiger partial charge in [0.25, 0.3) is 0 Å². The van der Waals surface area contributed by atoms with Crippen molar-refractivity contribution in [3.8, 4) is 0 Å². The molecule has 2 amide bonds. The van der Waals surface area contributed by atoms with Crippen LogP contribution in [0.25, 0.3) is 0 Å². The summed E-state index contributed by atoms with van der Waals surface area (Å²) in [5.74, 6) is 0.132. The van der Waals surface area contributed by atoms with Gasteiger partial charge in [0.2, 0.25) is 11.8 Å². The van der Waals surface area contributed by atoms with Gasteiger partial charge in [0, 0.05) is 19.5 Å². The van der Waals surface area contributed by atoms with Gasteiger partial charge in [-0.1, -0.05) is 44.2 Å². The monoisotopic (exact) mass is 290 g/mol. The molecule has 0 radical (unpaired) electrons. The van der Waals surface area contributed by atoms with Crippen LogP contribution in [0.5, 0.6) is 0 Å². The van der Waals surface area contributed by atoms with Crippen molar-refractivity contribution in [2.75, 3.05) is 13.1 Å². The Hall–Kier alpha value is -1.84. The highest BCUT2D eigenvalue weighted by Gasteiger charge is 2.26. The summed E-state index contributed by atoms with van der Waals surface area (Å²) in [6.45, 7) is 9.14. The molecule has 21 heavy (non-hydrogen) atoms. The van der Waals surface area contributed by atoms with E-state index in [1.807, 2.05) is 58.0 Å². The second kappa shape index (κ2) is 8.45. The summed E-state index contributed by atoms with van der Waals surface area (Å²) >= 11 is 0. The van der Waals surface area contributed by atoms with Gasteiger partial charge in [0.1, 0.15) is 6.04 Å². The van der Waals surface area contributed by atoms with Crippen LogP contribution in [0.1, 0.15) is 45.7 Å². The number of likely N-dealkylation sites (N-methyl/N-ethyl adjacent to an activating group) is 1. The highest BCUT2D eigenvalue weighted by molar-refractivity contribution is 5.88. The zero-order valence-electron chi connectivity index (χ0n) is 13.4. The lowest BCUT2D eigenvalue weighted by Gasteiger charge is -2.26. The molecule has 0 bridgehead atoms. The van der Waals surface area contributed by atoms with E-state index in [2.05, 4.69) is 5.32 Å². The number of carbonyl (C=O) groups excluding carboxylic acids is 2. The van der Waals surface area contributed by atoms with Gasteiger partial charge in [-0.2, -0.15) is 0 Å². The number of nitrogens with one attached hydrogen (secondary N) is 1. The topological polar surface area (TPSA) is 49.4 Å². The van der Waals surface area contributed by atoms with Gasteiger partial charge in [-0.15, -0.1) is 0 Å². The zero-order chi connectivity index (χ0) is 15.8. The molecule has 0 aromatic heterocycles. The highest BCUT2D eigenvalue weighted by atomic mass is 16.2. The molecular formula is C17H26N2O2. The molecule has 0 saturated carbocycles. The van der Waals surface area contributed by atoms with Crippen molar-refractivity contribution in [3.05, 3.63) is 35.9 Å². The van der Waals surface area contributed by atoms with Gasteiger partial charge in [-0.3, -0.25) is 9.59 Å². The van der Waals surface area contributed by atoms with E-state index in [0.717, 1.165) is 5.56 Å². The molecule has 1 rings (SSSR count). The van der Waals surface area contributed by atoms with E-state index in [1.54, 1.807) is 4.90 Å². The quantitative estimate of drug-likeness (QED) is 0.839. The molecule has 0 aliphatic heterocycles. The fourth-order valence-electron chi connectivity index (χ4n) is 2.24. The van der Waals surface area contributed by atoms with Crippen LogP contribution in [0.2, 0.25) is 0 Å². The minimum atomic E-state index is -0.600. The highest BCUT2D eigenvalue weighted by Crippen LogP contribution is 2.16. The minimum absolute atomic E-state index is 0.0525. The van der Waals surface area contributed by atoms with Crippen molar-refractivity contribution in [3.63, 3.8) is 0 Å². The van der Waals surface area contributed by atoms with Gasteiger partial charge in [0.15, 0.2) is 0 Å². The SMILES string of the molecule is CCN(CC)C(=O)[C@H](NC(=O)CC(C)C)c1ccccc1. The van der Waals surface area contributed by atoms with Crippen molar-refractivity contribution in [1.82, 2.24) is 10.2 Å². The summed E-state index contributed by atoms with van der Waals surface area (Å²) < 4.78 is 0. The van der Waals surface area contributed by atoms with E-state index in [-0.39, 0.29) is 17.7 Å². The summed E-state index contributed by atoms with van der Waals surface area (Å²) in [7, 11) is 0. The first-order valence-electron chi connectivity index (χ1n) is 7.62. The summed E-state index contributed by atoms with van der Waals surface area (Å²) in [6, 6.07) is 8.82. The fourth-order valence-corrected chi connectivity index (χ4v) is 2.24. The number of benzene rings is 1. The normalized spacial score (nSPS) is 12.0. The van der Waals surface area contributed by atoms with Crippen molar-refractivity contribution in [1.29, 1.82) is 0 Å². The molecular weight excluding hydrogens is 264 g/mol. The smallest absolute Gasteiger partial charge is 0.249 e. The zero-order valence-corrected chi connectivity index (χ0v) is 13.4. The second-order valence-corrected chi connectivity index (χ2v) is 5.52. The van der Waals surface area contributed by atoms with Crippen molar-refractivity contribution in [2.24, 2.45) is 5.92 Å². The molecule has 0 unspecified atom stereocenters. The standard InChI is InChI=1S/C17H26N2O2/c1-5-19(6-2)17(21)16(14-10-8-7-9-11-14)18-15(20)12-13(3)4/h7-11,13,16H,5-6,12H2,1-4H3,(H,18,20)/t16-/m1/s1. The molecule has 0 saturated heterocycles. The lowest BCUT2D eigenvalue weighted by molar-refractivity contribution is -0.136. The van der Waals surface area contributed by atoms with E-state index < -0.39 is 6.04 Å². The number of amides is 2. The minimum Gasteiger partial charge on any atom is -0.341 e. The average Bonchev–Trinajstić information content (AvgIpc) is 2.46. The Bertz CT molecular complexity index is 453. The molecule has 0 aliphatic carbocycles. The maximum atomic E-state index is 12.6. The first-order chi connectivity index (χ1) is 9.99. The van der Waals surface area contributed by atoms with Gasteiger partial charge in [-0.05, 0) is 25.3 Å². The number of nitrogens with zero attached hydrogens (tertiary/aromatic N) is 1. The van der Waals surface area contributed by atoms with E-state index in [9.17, 15) is 9.59 Å². The van der Waals surface area contributed by atoms with Crippen LogP contribution in [0.4, 0.5) is 0 Å². The maximum Gasteiger partial charge on any atom is 0.249 e. The molecule has 0 heterocycles. The summed E-state index contributed by atoms with van der Waals surface area (Å²) in [4.78, 5) is 26.4. The molecule has 0 fully saturated rings. The van der Waals surface area contributed by atoms with Gasteiger partial charge < -0.3 is 10.2 Å². The number of rotatable bonds is 7. The average molecular weight is 290 g/mol. The van der Waals surface area contributed by atoms with Crippen LogP contribution >= 0.6 is 0 Å². The molecule has 1 N–H and O–H groups in total. The van der Waals surface area contributed by atoms with E-state index >= 15 is 0 Å². The summed E-state index contributed by atoms with van der Waals surface area (Å²) in [6.07, 6.45) is 0.425. The Morgan fingerprint density at radius 1 is 1.10 bits per heavy atom.